The van der Waals surface area contributed by atoms with Gasteiger partial charge in [0.2, 0.25) is 0 Å². The fourth-order valence-electron chi connectivity index (χ4n) is 16.3. The molecule has 3 fully saturated rings. The third kappa shape index (κ3) is 47.1. The van der Waals surface area contributed by atoms with Crippen LogP contribution >= 0.6 is 0 Å². The van der Waals surface area contributed by atoms with E-state index in [0.717, 1.165) is 74.8 Å². The number of hydrogen-bond acceptors (Lipinski definition) is 19. The maximum absolute atomic E-state index is 12.0. The number of rotatable bonds is 41. The highest BCUT2D eigenvalue weighted by Crippen LogP contribution is 2.44. The van der Waals surface area contributed by atoms with Crippen molar-refractivity contribution >= 4 is 134 Å². The minimum atomic E-state index is -2.93. The van der Waals surface area contributed by atoms with E-state index in [4.69, 9.17) is 56.0 Å². The molecule has 0 saturated carbocycles. The first-order valence-corrected chi connectivity index (χ1v) is 75.7. The lowest BCUT2D eigenvalue weighted by atomic mass is 10.1. The van der Waals surface area contributed by atoms with Crippen molar-refractivity contribution in [1.82, 2.24) is 0 Å². The third-order valence-electron chi connectivity index (χ3n) is 21.5. The van der Waals surface area contributed by atoms with Crippen molar-refractivity contribution in [3.63, 3.8) is 0 Å². The van der Waals surface area contributed by atoms with E-state index in [-0.39, 0.29) is 39.0 Å². The van der Waals surface area contributed by atoms with E-state index in [1.807, 2.05) is 24.3 Å². The quantitative estimate of drug-likeness (QED) is 0.00888. The molecule has 3 aliphatic heterocycles. The van der Waals surface area contributed by atoms with Crippen molar-refractivity contribution in [3.8, 4) is 0 Å². The molecule has 5 aromatic rings. The van der Waals surface area contributed by atoms with Gasteiger partial charge in [-0.3, -0.25) is 0 Å². The van der Waals surface area contributed by atoms with Crippen molar-refractivity contribution in [2.45, 2.75) is 262 Å². The Morgan fingerprint density at radius 3 is 0.802 bits per heavy atom. The summed E-state index contributed by atoms with van der Waals surface area (Å²) >= 11 is 0. The minimum absolute atomic E-state index is 0.210. The number of carbonyl (C=O) groups excluding carboxylic acids is 5. The van der Waals surface area contributed by atoms with Crippen LogP contribution in [0.15, 0.2) is 238 Å². The van der Waals surface area contributed by atoms with E-state index in [9.17, 15) is 24.0 Å². The second-order valence-corrected chi connectivity index (χ2v) is 78.8. The maximum Gasteiger partial charge on any atom is 0.333 e. The molecule has 5 aromatic carbocycles. The lowest BCUT2D eigenvalue weighted by Crippen LogP contribution is -2.65. The zero-order valence-corrected chi connectivity index (χ0v) is 92.2. The largest absolute Gasteiger partial charge is 0.462 e. The van der Waals surface area contributed by atoms with Gasteiger partial charge in [-0.15, -0.1) is 6.58 Å². The number of esters is 5. The predicted octanol–water partition coefficient (Wildman–Crippen LogP) is 22.0. The molecule has 31 heteroatoms. The summed E-state index contributed by atoms with van der Waals surface area (Å²) in [5, 5.41) is 0. The summed E-state index contributed by atoms with van der Waals surface area (Å²) in [5.74, 6) is -2.08. The molecule has 12 atom stereocenters. The average molecular weight is 1940 g/mol. The smallest absolute Gasteiger partial charge is 0.333 e. The molecule has 3 saturated heterocycles. The summed E-state index contributed by atoms with van der Waals surface area (Å²) in [5.41, 5.74) is 12.0. The van der Waals surface area contributed by atoms with Gasteiger partial charge in [-0.1, -0.05) is 203 Å². The fourth-order valence-corrected chi connectivity index (χ4v) is 89.2. The van der Waals surface area contributed by atoms with Gasteiger partial charge >= 0.3 is 64.1 Å². The predicted molar refractivity (Wildman–Crippen MR) is 545 cm³/mol. The second-order valence-electron chi connectivity index (χ2n) is 35.8. The van der Waals surface area contributed by atoms with Crippen LogP contribution < -0.4 is 0 Å². The molecule has 3 heterocycles. The van der Waals surface area contributed by atoms with Crippen LogP contribution in [0, 0.1) is 0 Å². The Balaban J connectivity index is 0.000000395. The Morgan fingerprint density at radius 2 is 0.548 bits per heavy atom. The van der Waals surface area contributed by atoms with Crippen molar-refractivity contribution < 1.29 is 84.7 Å². The number of hydrogen-bond donors (Lipinski definition) is 0. The zero-order chi connectivity index (χ0) is 93.5. The van der Waals surface area contributed by atoms with E-state index in [0.29, 0.717) is 65.6 Å². The normalized spacial score (nSPS) is 25.2. The van der Waals surface area contributed by atoms with Gasteiger partial charge in [0.05, 0.1) is 26.4 Å². The first kappa shape index (κ1) is 112. The van der Waals surface area contributed by atoms with E-state index >= 15 is 0 Å². The minimum Gasteiger partial charge on any atom is -0.462 e. The topological polar surface area (TPSA) is 215 Å². The molecule has 8 rings (SSSR count). The van der Waals surface area contributed by atoms with Crippen LogP contribution in [0.25, 0.3) is 0 Å². The van der Waals surface area contributed by atoms with Crippen molar-refractivity contribution in [1.29, 1.82) is 0 Å². The third-order valence-corrected chi connectivity index (χ3v) is 81.0. The van der Waals surface area contributed by atoms with Crippen LogP contribution in [0.5, 0.6) is 0 Å². The lowest BCUT2D eigenvalue weighted by Gasteiger charge is -2.51. The highest BCUT2D eigenvalue weighted by atomic mass is 28.5. The van der Waals surface area contributed by atoms with Crippen LogP contribution in [0.3, 0.4) is 0 Å². The zero-order valence-electron chi connectivity index (χ0n) is 79.6. The molecule has 0 spiro atoms. The average Bonchev–Trinajstić information content (AvgIpc) is 0.756. The molecule has 0 radical (unpaired) electrons. The molecule has 696 valence electrons. The first-order chi connectivity index (χ1) is 59.5. The Morgan fingerprint density at radius 1 is 0.317 bits per heavy atom. The summed E-state index contributed by atoms with van der Waals surface area (Å²) in [6, 6.07) is 61.1. The number of ether oxygens (including phenoxy) is 5. The van der Waals surface area contributed by atoms with Crippen molar-refractivity contribution in [2.24, 2.45) is 0 Å². The SMILES string of the molecule is C=C(C)C(=O)OCCC[Si]1(C)C[Si](C)(CCCOC(=O)C(=C)C)O[Si](C)(CCCOC(=O)C(=C)C)O[Si](C)(CCCOC(=O)C(=C)C)O1.C=CCOC(=O)C(=C)C.C=CCc1ccccc1.C[SiH]1C[SiH](C)O[SiH](C)O[SiH](C)O1.C[Si]1(CCCc2ccccc2)C[Si](C)(CCCc2ccccc2)O[Si](C)(CCCc2ccccc2)O[Si](C)(CCCc2ccccc2)O1. The monoisotopic (exact) mass is 1930 g/mol. The Kier molecular flexibility index (Phi) is 51.6. The first-order valence-electron chi connectivity index (χ1n) is 45.2. The molecule has 3 aliphatic rings. The van der Waals surface area contributed by atoms with Gasteiger partial charge in [0.1, 0.15) is 6.61 Å². The van der Waals surface area contributed by atoms with Gasteiger partial charge in [0, 0.05) is 27.9 Å². The number of aryl methyl sites for hydroxylation is 4. The molecular weight excluding hydrogens is 1780 g/mol. The number of benzene rings is 5. The van der Waals surface area contributed by atoms with Gasteiger partial charge in [-0.2, -0.15) is 0 Å². The summed E-state index contributed by atoms with van der Waals surface area (Å²) in [7, 11) is -24.8. The van der Waals surface area contributed by atoms with Crippen molar-refractivity contribution in [3.05, 3.63) is 266 Å². The van der Waals surface area contributed by atoms with E-state index in [1.54, 1.807) is 34.6 Å². The molecule has 0 aliphatic carbocycles. The second kappa shape index (κ2) is 57.9. The van der Waals surface area contributed by atoms with Crippen LogP contribution in [0.1, 0.15) is 114 Å². The summed E-state index contributed by atoms with van der Waals surface area (Å²) in [6.45, 7) is 61.4. The van der Waals surface area contributed by atoms with Gasteiger partial charge in [-0.05, 0) is 290 Å². The maximum atomic E-state index is 12.0. The summed E-state index contributed by atoms with van der Waals surface area (Å²) in [6.07, 6.45) is 15.6. The van der Waals surface area contributed by atoms with E-state index in [1.165, 1.54) is 70.2 Å². The molecule has 0 amide bonds. The number of carbonyl (C=O) groups is 5. The van der Waals surface area contributed by atoms with Crippen LogP contribution in [-0.4, -0.2) is 167 Å². The summed E-state index contributed by atoms with van der Waals surface area (Å²) in [4.78, 5) is 58.6. The molecule has 19 nitrogen and oxygen atoms in total. The molecule has 0 bridgehead atoms. The van der Waals surface area contributed by atoms with Crippen LogP contribution in [0.2, 0.25) is 144 Å². The van der Waals surface area contributed by atoms with Gasteiger partial charge < -0.3 is 60.7 Å². The molecule has 0 N–H and O–H groups in total. The number of allylic oxidation sites excluding steroid dienone is 1. The Hall–Kier alpha value is -6.13. The standard InChI is InChI=1S/C41H58O3Si4.C33H58O11Si4.C9H10.C7H10O2.C5H18O3Si4/c1-45(33-17-29-38-21-9-5-10-22-38)37-46(2,34-18-30-39-23-11-6-12-24-39)43-48(4,36-20-32-41-27-15-8-16-28-41)44-47(3,42-45)35-19-31-40-25-13-7-14-26-40;1-26(2)30(34)38-17-13-21-45(9)25-46(10,22-14-18-39-31(35)27(3)4)43-48(12,24-16-20-41-33(37)29(7)8)44-47(11,42-45)23-15-19-40-32(36)28(5)6;1-2-6-9-7-4-3-5-8-9;1-4-5-9-7(8)6(2)3;1-9-5-10(2)7-12(4)8-11(3)6-9/h5-16,21-28H,17-20,29-37H2,1-4H3;1,3,5,7,13-25H2,2,4,6,8-12H3;2-5,7-8H,1,6H2;4H,1-2,5H2,3H3;9-12H,5H2,1-4H3. The van der Waals surface area contributed by atoms with Crippen molar-refractivity contribution in [2.75, 3.05) is 33.0 Å². The van der Waals surface area contributed by atoms with Gasteiger partial charge in [0.15, 0.2) is 51.4 Å². The Bertz CT molecular complexity index is 3680. The van der Waals surface area contributed by atoms with E-state index in [2.05, 4.69) is 263 Å². The molecule has 126 heavy (non-hydrogen) atoms. The molecule has 0 aromatic heterocycles. The van der Waals surface area contributed by atoms with Crippen LogP contribution in [0.4, 0.5) is 0 Å². The highest BCUT2D eigenvalue weighted by molar-refractivity contribution is 7.01. The molecule has 12 unspecified atom stereocenters. The molecular formula is C95H154O19Si12. The highest BCUT2D eigenvalue weighted by Gasteiger charge is 2.57. The van der Waals surface area contributed by atoms with E-state index < -0.39 is 128 Å². The lowest BCUT2D eigenvalue weighted by molar-refractivity contribution is -0.139. The van der Waals surface area contributed by atoms with Gasteiger partial charge in [0.25, 0.3) is 18.6 Å². The Labute approximate surface area is 773 Å². The van der Waals surface area contributed by atoms with Crippen LogP contribution in [-0.2, 0) is 117 Å². The van der Waals surface area contributed by atoms with Gasteiger partial charge in [-0.25, -0.2) is 24.0 Å². The summed E-state index contributed by atoms with van der Waals surface area (Å²) < 4.78 is 88.3. The fraction of sp³-hybridized carbons (Fsp3) is 0.484.